The number of nitrogen functional groups attached to an aromatic ring is 1. The van der Waals surface area contributed by atoms with Crippen LogP contribution in [-0.2, 0) is 0 Å². The van der Waals surface area contributed by atoms with Crippen LogP contribution in [-0.4, -0.2) is 11.5 Å². The zero-order chi connectivity index (χ0) is 11.5. The molecule has 86 valence electrons. The van der Waals surface area contributed by atoms with Gasteiger partial charge in [-0.25, -0.2) is 4.98 Å². The lowest BCUT2D eigenvalue weighted by molar-refractivity contribution is 0.607. The third-order valence-electron chi connectivity index (χ3n) is 2.41. The van der Waals surface area contributed by atoms with Crippen LogP contribution in [0.4, 0.5) is 10.8 Å². The zero-order valence-electron chi connectivity index (χ0n) is 9.66. The molecular formula is C12H17N3S. The predicted octanol–water partition coefficient (Wildman–Crippen LogP) is 3.34. The first kappa shape index (κ1) is 11.2. The maximum Gasteiger partial charge on any atom is 0.183 e. The first-order chi connectivity index (χ1) is 7.65. The Morgan fingerprint density at radius 1 is 1.44 bits per heavy atom. The van der Waals surface area contributed by atoms with E-state index in [9.17, 15) is 0 Å². The normalized spacial score (nSPS) is 11.2. The molecular weight excluding hydrogens is 218 g/mol. The van der Waals surface area contributed by atoms with E-state index in [0.29, 0.717) is 0 Å². The minimum Gasteiger partial charge on any atom is -0.399 e. The number of anilines is 2. The number of nitrogens with zero attached hydrogens (tertiary/aromatic N) is 1. The SMILES string of the molecule is CC(C)CCNc1nc2ccc(N)cc2s1. The Balaban J connectivity index is 2.08. The molecule has 0 amide bonds. The molecule has 16 heavy (non-hydrogen) atoms. The Hall–Kier alpha value is -1.29. The fourth-order valence-corrected chi connectivity index (χ4v) is 2.42. The highest BCUT2D eigenvalue weighted by molar-refractivity contribution is 7.22. The van der Waals surface area contributed by atoms with Crippen LogP contribution in [0.5, 0.6) is 0 Å². The smallest absolute Gasteiger partial charge is 0.183 e. The van der Waals surface area contributed by atoms with E-state index in [1.165, 1.54) is 0 Å². The lowest BCUT2D eigenvalue weighted by Crippen LogP contribution is -2.03. The van der Waals surface area contributed by atoms with E-state index < -0.39 is 0 Å². The molecule has 0 unspecified atom stereocenters. The summed E-state index contributed by atoms with van der Waals surface area (Å²) in [5.41, 5.74) is 7.55. The van der Waals surface area contributed by atoms with Gasteiger partial charge in [0.15, 0.2) is 5.13 Å². The van der Waals surface area contributed by atoms with Gasteiger partial charge in [-0.2, -0.15) is 0 Å². The minimum absolute atomic E-state index is 0.720. The Morgan fingerprint density at radius 2 is 2.25 bits per heavy atom. The topological polar surface area (TPSA) is 50.9 Å². The standard InChI is InChI=1S/C12H17N3S/c1-8(2)5-6-14-12-15-10-4-3-9(13)7-11(10)16-12/h3-4,7-8H,5-6,13H2,1-2H3,(H,14,15). The summed E-state index contributed by atoms with van der Waals surface area (Å²) in [7, 11) is 0. The molecule has 0 aliphatic carbocycles. The van der Waals surface area contributed by atoms with Gasteiger partial charge in [0, 0.05) is 12.2 Å². The van der Waals surface area contributed by atoms with Crippen LogP contribution in [0.15, 0.2) is 18.2 Å². The number of aromatic nitrogens is 1. The van der Waals surface area contributed by atoms with E-state index >= 15 is 0 Å². The average Bonchev–Trinajstić information content (AvgIpc) is 2.58. The molecule has 0 saturated carbocycles. The largest absolute Gasteiger partial charge is 0.399 e. The molecule has 1 aromatic heterocycles. The van der Waals surface area contributed by atoms with Crippen LogP contribution in [0, 0.1) is 5.92 Å². The first-order valence-electron chi connectivity index (χ1n) is 5.55. The summed E-state index contributed by atoms with van der Waals surface area (Å²) in [6.45, 7) is 5.43. The highest BCUT2D eigenvalue weighted by atomic mass is 32.1. The summed E-state index contributed by atoms with van der Waals surface area (Å²) in [4.78, 5) is 4.50. The lowest BCUT2D eigenvalue weighted by atomic mass is 10.1. The van der Waals surface area contributed by atoms with Gasteiger partial charge in [0.25, 0.3) is 0 Å². The number of benzene rings is 1. The van der Waals surface area contributed by atoms with Crippen LogP contribution in [0.3, 0.4) is 0 Å². The maximum atomic E-state index is 5.73. The maximum absolute atomic E-state index is 5.73. The van der Waals surface area contributed by atoms with Gasteiger partial charge >= 0.3 is 0 Å². The van der Waals surface area contributed by atoms with Crippen molar-refractivity contribution in [1.82, 2.24) is 4.98 Å². The van der Waals surface area contributed by atoms with Crippen LogP contribution in [0.2, 0.25) is 0 Å². The third kappa shape index (κ3) is 2.64. The van der Waals surface area contributed by atoms with E-state index in [1.807, 2.05) is 18.2 Å². The second-order valence-corrected chi connectivity index (χ2v) is 5.39. The monoisotopic (exact) mass is 235 g/mol. The molecule has 0 bridgehead atoms. The predicted molar refractivity (Wildman–Crippen MR) is 72.0 cm³/mol. The van der Waals surface area contributed by atoms with Crippen molar-refractivity contribution < 1.29 is 0 Å². The van der Waals surface area contributed by atoms with E-state index in [-0.39, 0.29) is 0 Å². The van der Waals surface area contributed by atoms with Gasteiger partial charge in [-0.3, -0.25) is 0 Å². The lowest BCUT2D eigenvalue weighted by Gasteiger charge is -2.04. The molecule has 0 fully saturated rings. The van der Waals surface area contributed by atoms with Crippen LogP contribution in [0.1, 0.15) is 20.3 Å². The molecule has 4 heteroatoms. The number of fused-ring (bicyclic) bond motifs is 1. The minimum atomic E-state index is 0.720. The van der Waals surface area contributed by atoms with Crippen molar-refractivity contribution in [2.75, 3.05) is 17.6 Å². The second kappa shape index (κ2) is 4.70. The molecule has 3 N–H and O–H groups in total. The van der Waals surface area contributed by atoms with Crippen molar-refractivity contribution >= 4 is 32.4 Å². The fourth-order valence-electron chi connectivity index (χ4n) is 1.48. The van der Waals surface area contributed by atoms with E-state index in [1.54, 1.807) is 11.3 Å². The number of nitrogens with one attached hydrogen (secondary N) is 1. The number of rotatable bonds is 4. The Bertz CT molecular complexity index is 476. The van der Waals surface area contributed by atoms with Gasteiger partial charge in [0.05, 0.1) is 10.2 Å². The summed E-state index contributed by atoms with van der Waals surface area (Å²) in [5.74, 6) is 0.720. The molecule has 2 aromatic rings. The van der Waals surface area contributed by atoms with Gasteiger partial charge in [0.2, 0.25) is 0 Å². The van der Waals surface area contributed by atoms with Crippen LogP contribution in [0.25, 0.3) is 10.2 Å². The number of hydrogen-bond donors (Lipinski definition) is 2. The molecule has 0 spiro atoms. The van der Waals surface area contributed by atoms with E-state index in [2.05, 4.69) is 24.1 Å². The highest BCUT2D eigenvalue weighted by Gasteiger charge is 2.03. The fraction of sp³-hybridized carbons (Fsp3) is 0.417. The summed E-state index contributed by atoms with van der Waals surface area (Å²) >= 11 is 1.66. The van der Waals surface area contributed by atoms with Crippen molar-refractivity contribution in [3.05, 3.63) is 18.2 Å². The summed E-state index contributed by atoms with van der Waals surface area (Å²) in [6, 6.07) is 5.83. The van der Waals surface area contributed by atoms with Crippen LogP contribution < -0.4 is 11.1 Å². The molecule has 0 radical (unpaired) electrons. The molecule has 0 saturated heterocycles. The van der Waals surface area contributed by atoms with Gasteiger partial charge in [-0.1, -0.05) is 25.2 Å². The molecule has 0 aliphatic heterocycles. The van der Waals surface area contributed by atoms with Crippen LogP contribution >= 0.6 is 11.3 Å². The van der Waals surface area contributed by atoms with Crippen molar-refractivity contribution in [3.8, 4) is 0 Å². The molecule has 0 aliphatic rings. The van der Waals surface area contributed by atoms with Gasteiger partial charge in [0.1, 0.15) is 0 Å². The number of thiazole rings is 1. The molecule has 1 heterocycles. The Morgan fingerprint density at radius 3 is 3.00 bits per heavy atom. The van der Waals surface area contributed by atoms with Crippen molar-refractivity contribution in [2.24, 2.45) is 5.92 Å². The van der Waals surface area contributed by atoms with Gasteiger partial charge < -0.3 is 11.1 Å². The van der Waals surface area contributed by atoms with Crippen molar-refractivity contribution in [1.29, 1.82) is 0 Å². The summed E-state index contributed by atoms with van der Waals surface area (Å²) in [5, 5.41) is 4.34. The number of hydrogen-bond acceptors (Lipinski definition) is 4. The Labute approximate surface area is 99.7 Å². The van der Waals surface area contributed by atoms with Crippen molar-refractivity contribution in [2.45, 2.75) is 20.3 Å². The molecule has 1 aromatic carbocycles. The third-order valence-corrected chi connectivity index (χ3v) is 3.39. The first-order valence-corrected chi connectivity index (χ1v) is 6.37. The zero-order valence-corrected chi connectivity index (χ0v) is 10.5. The van der Waals surface area contributed by atoms with Gasteiger partial charge in [-0.05, 0) is 30.5 Å². The molecule has 0 atom stereocenters. The Kier molecular flexibility index (Phi) is 3.29. The van der Waals surface area contributed by atoms with E-state index in [4.69, 9.17) is 5.73 Å². The number of nitrogens with two attached hydrogens (primary N) is 1. The van der Waals surface area contributed by atoms with Crippen molar-refractivity contribution in [3.63, 3.8) is 0 Å². The van der Waals surface area contributed by atoms with Gasteiger partial charge in [-0.15, -0.1) is 0 Å². The van der Waals surface area contributed by atoms with E-state index in [0.717, 1.165) is 39.9 Å². The highest BCUT2D eigenvalue weighted by Crippen LogP contribution is 2.27. The molecule has 3 nitrogen and oxygen atoms in total. The second-order valence-electron chi connectivity index (χ2n) is 4.36. The summed E-state index contributed by atoms with van der Waals surface area (Å²) in [6.07, 6.45) is 1.16. The quantitative estimate of drug-likeness (QED) is 0.799. The average molecular weight is 235 g/mol. The summed E-state index contributed by atoms with van der Waals surface area (Å²) < 4.78 is 1.15. The molecule has 2 rings (SSSR count).